The lowest BCUT2D eigenvalue weighted by molar-refractivity contribution is 0.498. The van der Waals surface area contributed by atoms with E-state index in [1.54, 1.807) is 6.20 Å². The molecule has 2 aromatic rings. The largest absolute Gasteiger partial charge is 0.241 e. The van der Waals surface area contributed by atoms with Gasteiger partial charge in [0.1, 0.15) is 5.52 Å². The van der Waals surface area contributed by atoms with Crippen molar-refractivity contribution >= 4 is 17.1 Å². The second kappa shape index (κ2) is 3.20. The van der Waals surface area contributed by atoms with Crippen molar-refractivity contribution < 1.29 is 0 Å². The number of hydrogen-bond acceptors (Lipinski definition) is 2. The Balaban J connectivity index is 2.30. The monoisotopic (exact) mass is 221 g/mol. The SMILES string of the molecule is C[C@H]1CCc2nn3ccnc(Cl)c3c2C1. The third-order valence-electron chi connectivity index (χ3n) is 3.11. The lowest BCUT2D eigenvalue weighted by Gasteiger charge is -2.16. The molecule has 0 spiro atoms. The van der Waals surface area contributed by atoms with Gasteiger partial charge in [0.15, 0.2) is 5.15 Å². The standard InChI is InChI=1S/C11H12ClN3/c1-7-2-3-9-8(6-7)10-11(12)13-4-5-15(10)14-9/h4-5,7H,2-3,6H2,1H3/t7-/m0/s1. The predicted molar refractivity (Wildman–Crippen MR) is 59.2 cm³/mol. The van der Waals surface area contributed by atoms with E-state index in [2.05, 4.69) is 17.0 Å². The number of fused-ring (bicyclic) bond motifs is 3. The zero-order valence-electron chi connectivity index (χ0n) is 8.57. The molecule has 0 unspecified atom stereocenters. The minimum Gasteiger partial charge on any atom is -0.241 e. The Kier molecular flexibility index (Phi) is 1.96. The third kappa shape index (κ3) is 1.34. The molecule has 0 bridgehead atoms. The summed E-state index contributed by atoms with van der Waals surface area (Å²) in [6.45, 7) is 2.27. The first kappa shape index (κ1) is 9.16. The van der Waals surface area contributed by atoms with Gasteiger partial charge < -0.3 is 0 Å². The van der Waals surface area contributed by atoms with Crippen LogP contribution in [0, 0.1) is 5.92 Å². The molecule has 1 aliphatic carbocycles. The van der Waals surface area contributed by atoms with Crippen molar-refractivity contribution in [3.05, 3.63) is 28.8 Å². The Morgan fingerprint density at radius 2 is 2.40 bits per heavy atom. The van der Waals surface area contributed by atoms with Crippen molar-refractivity contribution in [1.29, 1.82) is 0 Å². The molecule has 0 aliphatic heterocycles. The summed E-state index contributed by atoms with van der Waals surface area (Å²) >= 11 is 6.11. The topological polar surface area (TPSA) is 30.2 Å². The summed E-state index contributed by atoms with van der Waals surface area (Å²) in [5, 5.41) is 5.11. The molecule has 4 heteroatoms. The molecule has 3 nitrogen and oxygen atoms in total. The van der Waals surface area contributed by atoms with Crippen LogP contribution < -0.4 is 0 Å². The Hall–Kier alpha value is -1.09. The lowest BCUT2D eigenvalue weighted by Crippen LogP contribution is -2.10. The third-order valence-corrected chi connectivity index (χ3v) is 3.39. The van der Waals surface area contributed by atoms with Crippen LogP contribution in [0.4, 0.5) is 0 Å². The predicted octanol–water partition coefficient (Wildman–Crippen LogP) is 2.51. The van der Waals surface area contributed by atoms with Crippen molar-refractivity contribution in [2.24, 2.45) is 5.92 Å². The Morgan fingerprint density at radius 1 is 1.53 bits per heavy atom. The fraction of sp³-hybridized carbons (Fsp3) is 0.455. The zero-order valence-corrected chi connectivity index (χ0v) is 9.33. The molecule has 1 atom stereocenters. The summed E-state index contributed by atoms with van der Waals surface area (Å²) < 4.78 is 1.86. The molecule has 2 heterocycles. The zero-order chi connectivity index (χ0) is 10.4. The smallest absolute Gasteiger partial charge is 0.155 e. The normalized spacial score (nSPS) is 20.5. The van der Waals surface area contributed by atoms with Crippen LogP contribution in [0.2, 0.25) is 5.15 Å². The molecular weight excluding hydrogens is 210 g/mol. The highest BCUT2D eigenvalue weighted by Gasteiger charge is 2.22. The van der Waals surface area contributed by atoms with Gasteiger partial charge in [-0.2, -0.15) is 5.10 Å². The number of rotatable bonds is 0. The average Bonchev–Trinajstić information content (AvgIpc) is 2.57. The molecule has 0 saturated carbocycles. The molecule has 0 N–H and O–H groups in total. The first-order valence-electron chi connectivity index (χ1n) is 5.26. The fourth-order valence-electron chi connectivity index (χ4n) is 2.31. The second-order valence-electron chi connectivity index (χ2n) is 4.28. The van der Waals surface area contributed by atoms with E-state index in [1.807, 2.05) is 10.7 Å². The highest BCUT2D eigenvalue weighted by molar-refractivity contribution is 6.32. The summed E-state index contributed by atoms with van der Waals surface area (Å²) in [6.07, 6.45) is 6.92. The van der Waals surface area contributed by atoms with Crippen molar-refractivity contribution in [3.8, 4) is 0 Å². The van der Waals surface area contributed by atoms with Gasteiger partial charge in [0.25, 0.3) is 0 Å². The maximum atomic E-state index is 6.11. The molecule has 1 aliphatic rings. The molecule has 0 saturated heterocycles. The molecule has 2 aromatic heterocycles. The first-order valence-corrected chi connectivity index (χ1v) is 5.64. The molecule has 0 radical (unpaired) electrons. The van der Waals surface area contributed by atoms with E-state index >= 15 is 0 Å². The van der Waals surface area contributed by atoms with Gasteiger partial charge in [0, 0.05) is 18.0 Å². The van der Waals surface area contributed by atoms with Crippen molar-refractivity contribution in [1.82, 2.24) is 14.6 Å². The van der Waals surface area contributed by atoms with Crippen LogP contribution in [0.3, 0.4) is 0 Å². The number of nitrogens with zero attached hydrogens (tertiary/aromatic N) is 3. The summed E-state index contributed by atoms with van der Waals surface area (Å²) in [6, 6.07) is 0. The maximum absolute atomic E-state index is 6.11. The van der Waals surface area contributed by atoms with Crippen LogP contribution in [0.25, 0.3) is 5.52 Å². The summed E-state index contributed by atoms with van der Waals surface area (Å²) in [7, 11) is 0. The van der Waals surface area contributed by atoms with Gasteiger partial charge in [-0.15, -0.1) is 0 Å². The number of halogens is 1. The minimum absolute atomic E-state index is 0.570. The summed E-state index contributed by atoms with van der Waals surface area (Å²) in [4.78, 5) is 4.12. The van der Waals surface area contributed by atoms with Crippen LogP contribution in [0.1, 0.15) is 24.6 Å². The van der Waals surface area contributed by atoms with Gasteiger partial charge in [0.2, 0.25) is 0 Å². The second-order valence-corrected chi connectivity index (χ2v) is 4.64. The number of hydrogen-bond donors (Lipinski definition) is 0. The summed E-state index contributed by atoms with van der Waals surface area (Å²) in [5.74, 6) is 0.724. The van der Waals surface area contributed by atoms with E-state index in [0.717, 1.165) is 24.3 Å². The van der Waals surface area contributed by atoms with Crippen LogP contribution in [0.5, 0.6) is 0 Å². The lowest BCUT2D eigenvalue weighted by atomic mass is 9.88. The van der Waals surface area contributed by atoms with E-state index in [0.29, 0.717) is 5.15 Å². The van der Waals surface area contributed by atoms with Gasteiger partial charge in [-0.25, -0.2) is 9.50 Å². The van der Waals surface area contributed by atoms with Crippen LogP contribution >= 0.6 is 11.6 Å². The quantitative estimate of drug-likeness (QED) is 0.684. The highest BCUT2D eigenvalue weighted by atomic mass is 35.5. The van der Waals surface area contributed by atoms with Gasteiger partial charge in [-0.3, -0.25) is 0 Å². The Labute approximate surface area is 93.1 Å². The van der Waals surface area contributed by atoms with Crippen LogP contribution in [-0.2, 0) is 12.8 Å². The fourth-order valence-corrected chi connectivity index (χ4v) is 2.57. The van der Waals surface area contributed by atoms with Crippen LogP contribution in [0.15, 0.2) is 12.4 Å². The van der Waals surface area contributed by atoms with Gasteiger partial charge in [-0.1, -0.05) is 18.5 Å². The van der Waals surface area contributed by atoms with E-state index in [-0.39, 0.29) is 0 Å². The number of aryl methyl sites for hydroxylation is 1. The van der Waals surface area contributed by atoms with Crippen molar-refractivity contribution in [2.45, 2.75) is 26.2 Å². The van der Waals surface area contributed by atoms with Gasteiger partial charge >= 0.3 is 0 Å². The van der Waals surface area contributed by atoms with Crippen molar-refractivity contribution in [3.63, 3.8) is 0 Å². The van der Waals surface area contributed by atoms with Gasteiger partial charge in [-0.05, 0) is 25.2 Å². The maximum Gasteiger partial charge on any atom is 0.155 e. The molecule has 0 aromatic carbocycles. The van der Waals surface area contributed by atoms with Crippen molar-refractivity contribution in [2.75, 3.05) is 0 Å². The minimum atomic E-state index is 0.570. The van der Waals surface area contributed by atoms with Crippen LogP contribution in [-0.4, -0.2) is 14.6 Å². The van der Waals surface area contributed by atoms with Gasteiger partial charge in [0.05, 0.1) is 5.69 Å². The first-order chi connectivity index (χ1) is 7.25. The number of aromatic nitrogens is 3. The molecular formula is C11H12ClN3. The Morgan fingerprint density at radius 3 is 3.27 bits per heavy atom. The van der Waals surface area contributed by atoms with E-state index < -0.39 is 0 Å². The molecule has 78 valence electrons. The van der Waals surface area contributed by atoms with E-state index in [1.165, 1.54) is 17.7 Å². The molecule has 15 heavy (non-hydrogen) atoms. The Bertz CT molecular complexity index is 518. The molecule has 0 fully saturated rings. The van der Waals surface area contributed by atoms with E-state index in [4.69, 9.17) is 11.6 Å². The molecule has 3 rings (SSSR count). The molecule has 0 amide bonds. The summed E-state index contributed by atoms with van der Waals surface area (Å²) in [5.41, 5.74) is 3.50. The average molecular weight is 222 g/mol. The highest BCUT2D eigenvalue weighted by Crippen LogP contribution is 2.30. The van der Waals surface area contributed by atoms with E-state index in [9.17, 15) is 0 Å².